The van der Waals surface area contributed by atoms with Crippen LogP contribution in [0.5, 0.6) is 0 Å². The molecule has 1 unspecified atom stereocenters. The van der Waals surface area contributed by atoms with Crippen LogP contribution >= 0.6 is 0 Å². The van der Waals surface area contributed by atoms with Crippen molar-refractivity contribution in [2.45, 2.75) is 46.1 Å². The molecule has 1 N–H and O–H groups in total. The van der Waals surface area contributed by atoms with Crippen molar-refractivity contribution >= 4 is 21.7 Å². The summed E-state index contributed by atoms with van der Waals surface area (Å²) in [6.07, 6.45) is 4.09. The van der Waals surface area contributed by atoms with Crippen molar-refractivity contribution in [2.75, 3.05) is 29.7 Å². The molecule has 3 rings (SSSR count). The van der Waals surface area contributed by atoms with Gasteiger partial charge in [-0.3, -0.25) is 4.31 Å². The van der Waals surface area contributed by atoms with Crippen LogP contribution < -0.4 is 9.62 Å². The molecule has 2 saturated heterocycles. The van der Waals surface area contributed by atoms with Crippen LogP contribution in [0.4, 0.5) is 10.5 Å². The van der Waals surface area contributed by atoms with Gasteiger partial charge in [0.15, 0.2) is 0 Å². The molecule has 6 nitrogen and oxygen atoms in total. The molecular formula is C20H31N3O3S. The lowest BCUT2D eigenvalue weighted by atomic mass is 9.90. The molecule has 0 aromatic heterocycles. The lowest BCUT2D eigenvalue weighted by Crippen LogP contribution is -2.45. The van der Waals surface area contributed by atoms with Crippen LogP contribution in [0, 0.1) is 11.8 Å². The molecule has 2 aliphatic heterocycles. The van der Waals surface area contributed by atoms with Gasteiger partial charge >= 0.3 is 6.03 Å². The van der Waals surface area contributed by atoms with Gasteiger partial charge in [0.1, 0.15) is 0 Å². The summed E-state index contributed by atoms with van der Waals surface area (Å²) < 4.78 is 25.7. The number of amides is 2. The first-order valence-electron chi connectivity index (χ1n) is 9.97. The van der Waals surface area contributed by atoms with E-state index in [0.29, 0.717) is 37.0 Å². The van der Waals surface area contributed by atoms with Crippen LogP contribution in [0.2, 0.25) is 0 Å². The van der Waals surface area contributed by atoms with E-state index in [1.165, 1.54) is 10.7 Å². The zero-order chi connectivity index (χ0) is 19.4. The first kappa shape index (κ1) is 20.0. The second-order valence-corrected chi connectivity index (χ2v) is 10.2. The average Bonchev–Trinajstić information content (AvgIpc) is 2.99. The van der Waals surface area contributed by atoms with E-state index in [9.17, 15) is 13.2 Å². The number of rotatable bonds is 5. The summed E-state index contributed by atoms with van der Waals surface area (Å²) in [4.78, 5) is 14.5. The van der Waals surface area contributed by atoms with Crippen LogP contribution in [-0.2, 0) is 16.6 Å². The van der Waals surface area contributed by atoms with Gasteiger partial charge < -0.3 is 10.2 Å². The molecule has 2 fully saturated rings. The van der Waals surface area contributed by atoms with Crippen molar-refractivity contribution in [3.05, 3.63) is 29.8 Å². The molecule has 1 atom stereocenters. The van der Waals surface area contributed by atoms with Gasteiger partial charge in [0, 0.05) is 26.2 Å². The van der Waals surface area contributed by atoms with Crippen molar-refractivity contribution in [3.8, 4) is 0 Å². The summed E-state index contributed by atoms with van der Waals surface area (Å²) in [6, 6.07) is 7.42. The Balaban J connectivity index is 1.57. The number of likely N-dealkylation sites (tertiary alicyclic amines) is 1. The Morgan fingerprint density at radius 3 is 2.78 bits per heavy atom. The summed E-state index contributed by atoms with van der Waals surface area (Å²) in [7, 11) is -3.18. The molecule has 0 saturated carbocycles. The Hall–Kier alpha value is -1.76. The fourth-order valence-electron chi connectivity index (χ4n) is 4.15. The van der Waals surface area contributed by atoms with E-state index in [-0.39, 0.29) is 11.8 Å². The van der Waals surface area contributed by atoms with Gasteiger partial charge in [-0.2, -0.15) is 0 Å². The van der Waals surface area contributed by atoms with Crippen LogP contribution in [-0.4, -0.2) is 44.7 Å². The molecule has 150 valence electrons. The van der Waals surface area contributed by atoms with Crippen LogP contribution in [0.3, 0.4) is 0 Å². The third kappa shape index (κ3) is 5.15. The van der Waals surface area contributed by atoms with Gasteiger partial charge in [-0.05, 0) is 55.2 Å². The minimum absolute atomic E-state index is 0.0253. The molecule has 2 heterocycles. The van der Waals surface area contributed by atoms with E-state index in [1.807, 2.05) is 29.2 Å². The Morgan fingerprint density at radius 1 is 1.26 bits per heavy atom. The van der Waals surface area contributed by atoms with Crippen LogP contribution in [0.15, 0.2) is 24.3 Å². The highest BCUT2D eigenvalue weighted by Gasteiger charge is 2.28. The fraction of sp³-hybridized carbons (Fsp3) is 0.650. The molecule has 7 heteroatoms. The Labute approximate surface area is 163 Å². The van der Waals surface area contributed by atoms with Crippen LogP contribution in [0.1, 0.15) is 45.1 Å². The monoisotopic (exact) mass is 393 g/mol. The fourth-order valence-corrected chi connectivity index (χ4v) is 5.71. The summed E-state index contributed by atoms with van der Waals surface area (Å²) >= 11 is 0. The number of urea groups is 1. The topological polar surface area (TPSA) is 69.7 Å². The van der Waals surface area contributed by atoms with Gasteiger partial charge in [0.2, 0.25) is 10.0 Å². The Bertz CT molecular complexity index is 763. The van der Waals surface area contributed by atoms with Crippen molar-refractivity contribution in [3.63, 3.8) is 0 Å². The number of carbonyl (C=O) groups excluding carboxylic acids is 1. The first-order chi connectivity index (χ1) is 12.8. The number of carbonyl (C=O) groups is 1. The third-order valence-electron chi connectivity index (χ3n) is 5.35. The minimum atomic E-state index is -3.18. The molecule has 0 radical (unpaired) electrons. The number of sulfonamides is 1. The lowest BCUT2D eigenvalue weighted by molar-refractivity contribution is 0.157. The number of piperidine rings is 1. The Morgan fingerprint density at radius 2 is 2.07 bits per heavy atom. The number of anilines is 1. The SMILES string of the molecule is CC(C)CC1CCCN(C(=O)NCc2cccc(N3CCCS3(=O)=O)c2)C1. The standard InChI is InChI=1S/C20H31N3O3S/c1-16(2)12-18-7-4-9-22(15-18)20(24)21-14-17-6-3-8-19(13-17)23-10-5-11-27(23,25)26/h3,6,8,13,16,18H,4-5,7,9-12,14-15H2,1-2H3,(H,21,24). The maximum atomic E-state index is 12.6. The predicted octanol–water partition coefficient (Wildman–Crippen LogP) is 3.19. The molecule has 2 amide bonds. The molecule has 0 bridgehead atoms. The highest BCUT2D eigenvalue weighted by atomic mass is 32.2. The second kappa shape index (κ2) is 8.50. The molecule has 2 aliphatic rings. The number of hydrogen-bond acceptors (Lipinski definition) is 3. The summed E-state index contributed by atoms with van der Waals surface area (Å²) in [6.45, 7) is 7.04. The maximum Gasteiger partial charge on any atom is 0.317 e. The van der Waals surface area contributed by atoms with E-state index in [4.69, 9.17) is 0 Å². The number of hydrogen-bond donors (Lipinski definition) is 1. The van der Waals surface area contributed by atoms with Crippen molar-refractivity contribution in [1.29, 1.82) is 0 Å². The zero-order valence-electron chi connectivity index (χ0n) is 16.4. The van der Waals surface area contributed by atoms with Gasteiger partial charge in [0.25, 0.3) is 0 Å². The van der Waals surface area contributed by atoms with Gasteiger partial charge in [-0.1, -0.05) is 26.0 Å². The van der Waals surface area contributed by atoms with E-state index in [0.717, 1.165) is 31.5 Å². The molecule has 0 aliphatic carbocycles. The summed E-state index contributed by atoms with van der Waals surface area (Å²) in [5.41, 5.74) is 1.60. The highest BCUT2D eigenvalue weighted by molar-refractivity contribution is 7.93. The smallest absolute Gasteiger partial charge is 0.317 e. The average molecular weight is 394 g/mol. The second-order valence-electron chi connectivity index (χ2n) is 8.15. The number of nitrogens with zero attached hydrogens (tertiary/aromatic N) is 2. The number of nitrogens with one attached hydrogen (secondary N) is 1. The first-order valence-corrected chi connectivity index (χ1v) is 11.6. The number of benzene rings is 1. The normalized spacial score (nSPS) is 22.3. The van der Waals surface area contributed by atoms with E-state index >= 15 is 0 Å². The summed E-state index contributed by atoms with van der Waals surface area (Å²) in [5, 5.41) is 3.00. The molecule has 0 spiro atoms. The Kier molecular flexibility index (Phi) is 6.29. The van der Waals surface area contributed by atoms with Crippen LogP contribution in [0.25, 0.3) is 0 Å². The van der Waals surface area contributed by atoms with E-state index in [2.05, 4.69) is 19.2 Å². The molecule has 27 heavy (non-hydrogen) atoms. The zero-order valence-corrected chi connectivity index (χ0v) is 17.2. The quantitative estimate of drug-likeness (QED) is 0.835. The van der Waals surface area contributed by atoms with E-state index in [1.54, 1.807) is 0 Å². The highest BCUT2D eigenvalue weighted by Crippen LogP contribution is 2.25. The van der Waals surface area contributed by atoms with Crippen molar-refractivity contribution < 1.29 is 13.2 Å². The minimum Gasteiger partial charge on any atom is -0.334 e. The summed E-state index contributed by atoms with van der Waals surface area (Å²) in [5.74, 6) is 1.45. The van der Waals surface area contributed by atoms with E-state index < -0.39 is 10.0 Å². The van der Waals surface area contributed by atoms with Gasteiger partial charge in [-0.25, -0.2) is 13.2 Å². The maximum absolute atomic E-state index is 12.6. The van der Waals surface area contributed by atoms with Gasteiger partial charge in [-0.15, -0.1) is 0 Å². The molecule has 1 aromatic rings. The molecular weight excluding hydrogens is 362 g/mol. The lowest BCUT2D eigenvalue weighted by Gasteiger charge is -2.33. The predicted molar refractivity (Wildman–Crippen MR) is 108 cm³/mol. The van der Waals surface area contributed by atoms with Crippen molar-refractivity contribution in [1.82, 2.24) is 10.2 Å². The third-order valence-corrected chi connectivity index (χ3v) is 7.22. The largest absolute Gasteiger partial charge is 0.334 e. The molecule has 1 aromatic carbocycles. The van der Waals surface area contributed by atoms with Gasteiger partial charge in [0.05, 0.1) is 11.4 Å². The van der Waals surface area contributed by atoms with Crippen molar-refractivity contribution in [2.24, 2.45) is 11.8 Å².